The van der Waals surface area contributed by atoms with Crippen molar-refractivity contribution >= 4 is 35.3 Å². The van der Waals surface area contributed by atoms with Crippen molar-refractivity contribution in [2.75, 3.05) is 5.32 Å². The first-order chi connectivity index (χ1) is 13.0. The molecule has 1 heterocycles. The molecule has 0 spiro atoms. The van der Waals surface area contributed by atoms with Crippen molar-refractivity contribution < 1.29 is 14.0 Å². The molecule has 0 atom stereocenters. The number of amides is 2. The topological polar surface area (TPSA) is 83.7 Å². The molecule has 0 unspecified atom stereocenters. The molecule has 3 aromatic rings. The molecule has 0 fully saturated rings. The Bertz CT molecular complexity index is 994. The fourth-order valence-electron chi connectivity index (χ4n) is 2.28. The molecule has 0 saturated heterocycles. The van der Waals surface area contributed by atoms with Crippen LogP contribution >= 0.6 is 11.6 Å². The van der Waals surface area contributed by atoms with Crippen LogP contribution in [-0.4, -0.2) is 18.0 Å². The number of nitrogens with zero attached hydrogens (tertiary/aromatic N) is 1. The van der Waals surface area contributed by atoms with Crippen molar-refractivity contribution in [1.82, 2.24) is 5.43 Å². The maximum Gasteiger partial charge on any atom is 0.271 e. The van der Waals surface area contributed by atoms with Crippen LogP contribution in [0.2, 0.25) is 5.02 Å². The van der Waals surface area contributed by atoms with E-state index in [-0.39, 0.29) is 11.8 Å². The molecule has 7 heteroatoms. The first-order valence-corrected chi connectivity index (χ1v) is 8.46. The van der Waals surface area contributed by atoms with Crippen LogP contribution in [0.5, 0.6) is 0 Å². The second-order valence-corrected chi connectivity index (χ2v) is 6.13. The normalized spacial score (nSPS) is 10.7. The molecule has 27 heavy (non-hydrogen) atoms. The summed E-state index contributed by atoms with van der Waals surface area (Å²) in [5.74, 6) is 0.653. The lowest BCUT2D eigenvalue weighted by molar-refractivity contribution is 0.0954. The molecule has 136 valence electrons. The number of benzene rings is 2. The van der Waals surface area contributed by atoms with Crippen LogP contribution in [0.3, 0.4) is 0 Å². The van der Waals surface area contributed by atoms with E-state index in [2.05, 4.69) is 15.8 Å². The van der Waals surface area contributed by atoms with Crippen molar-refractivity contribution in [3.8, 4) is 0 Å². The van der Waals surface area contributed by atoms with Gasteiger partial charge in [-0.15, -0.1) is 0 Å². The predicted molar refractivity (Wildman–Crippen MR) is 104 cm³/mol. The minimum absolute atomic E-state index is 0.284. The standard InChI is InChI=1S/C20H16ClN3O3/c1-13-5-10-18(27-13)12-22-24-20(26)14-6-8-17(9-7-14)23-19(25)15-3-2-4-16(21)11-15/h2-12H,1H3,(H,23,25)(H,24,26)/b22-12-. The molecular formula is C20H16ClN3O3. The third-order valence-electron chi connectivity index (χ3n) is 3.61. The number of rotatable bonds is 5. The van der Waals surface area contributed by atoms with Crippen molar-refractivity contribution in [3.05, 3.63) is 88.3 Å². The molecule has 3 rings (SSSR count). The molecule has 0 aliphatic carbocycles. The van der Waals surface area contributed by atoms with E-state index < -0.39 is 0 Å². The second kappa shape index (κ2) is 8.33. The SMILES string of the molecule is Cc1ccc(/C=N\NC(=O)c2ccc(NC(=O)c3cccc(Cl)c3)cc2)o1. The number of anilines is 1. The van der Waals surface area contributed by atoms with Gasteiger partial charge < -0.3 is 9.73 Å². The number of hydrazone groups is 1. The van der Waals surface area contributed by atoms with Gasteiger partial charge >= 0.3 is 0 Å². The van der Waals surface area contributed by atoms with Crippen LogP contribution in [0.4, 0.5) is 5.69 Å². The third kappa shape index (κ3) is 5.05. The van der Waals surface area contributed by atoms with E-state index in [1.165, 1.54) is 6.21 Å². The first kappa shape index (κ1) is 18.4. The van der Waals surface area contributed by atoms with Gasteiger partial charge in [-0.25, -0.2) is 5.43 Å². The van der Waals surface area contributed by atoms with E-state index in [4.69, 9.17) is 16.0 Å². The van der Waals surface area contributed by atoms with Gasteiger partial charge in [0.15, 0.2) is 0 Å². The van der Waals surface area contributed by atoms with Crippen molar-refractivity contribution in [3.63, 3.8) is 0 Å². The Morgan fingerprint density at radius 1 is 1.00 bits per heavy atom. The van der Waals surface area contributed by atoms with Crippen LogP contribution in [-0.2, 0) is 0 Å². The van der Waals surface area contributed by atoms with Crippen molar-refractivity contribution in [1.29, 1.82) is 0 Å². The molecule has 0 aliphatic rings. The summed E-state index contributed by atoms with van der Waals surface area (Å²) in [6.07, 6.45) is 1.42. The molecule has 1 aromatic heterocycles. The largest absolute Gasteiger partial charge is 0.460 e. The average molecular weight is 382 g/mol. The Kier molecular flexibility index (Phi) is 5.68. The molecule has 0 radical (unpaired) electrons. The molecule has 0 saturated carbocycles. The smallest absolute Gasteiger partial charge is 0.271 e. The van der Waals surface area contributed by atoms with Crippen LogP contribution in [0.15, 0.2) is 70.2 Å². The number of aryl methyl sites for hydroxylation is 1. The maximum atomic E-state index is 12.2. The van der Waals surface area contributed by atoms with E-state index in [0.717, 1.165) is 5.76 Å². The number of carbonyl (C=O) groups is 2. The van der Waals surface area contributed by atoms with Crippen LogP contribution in [0.1, 0.15) is 32.2 Å². The van der Waals surface area contributed by atoms with Gasteiger partial charge in [0.1, 0.15) is 11.5 Å². The van der Waals surface area contributed by atoms with E-state index in [0.29, 0.717) is 27.6 Å². The Labute approximate surface area is 160 Å². The summed E-state index contributed by atoms with van der Waals surface area (Å²) in [6.45, 7) is 1.82. The quantitative estimate of drug-likeness (QED) is 0.511. The second-order valence-electron chi connectivity index (χ2n) is 5.69. The highest BCUT2D eigenvalue weighted by Gasteiger charge is 2.08. The zero-order valence-corrected chi connectivity index (χ0v) is 15.2. The molecule has 2 aromatic carbocycles. The number of furan rings is 1. The fraction of sp³-hybridized carbons (Fsp3) is 0.0500. The summed E-state index contributed by atoms with van der Waals surface area (Å²) in [4.78, 5) is 24.3. The summed E-state index contributed by atoms with van der Waals surface area (Å²) in [5, 5.41) is 7.08. The lowest BCUT2D eigenvalue weighted by Crippen LogP contribution is -2.17. The number of nitrogens with one attached hydrogen (secondary N) is 2. The lowest BCUT2D eigenvalue weighted by Gasteiger charge is -2.06. The van der Waals surface area contributed by atoms with E-state index in [1.54, 1.807) is 60.7 Å². The van der Waals surface area contributed by atoms with Crippen molar-refractivity contribution in [2.45, 2.75) is 6.92 Å². The molecule has 6 nitrogen and oxygen atoms in total. The van der Waals surface area contributed by atoms with Gasteiger partial charge in [-0.2, -0.15) is 5.10 Å². The van der Waals surface area contributed by atoms with Gasteiger partial charge in [0.2, 0.25) is 0 Å². The number of hydrogen-bond acceptors (Lipinski definition) is 4. The van der Waals surface area contributed by atoms with E-state index >= 15 is 0 Å². The van der Waals surface area contributed by atoms with Gasteiger partial charge in [-0.3, -0.25) is 9.59 Å². The Balaban J connectivity index is 1.58. The summed E-state index contributed by atoms with van der Waals surface area (Å²) in [5.41, 5.74) is 3.84. The molecule has 0 bridgehead atoms. The molecule has 0 aliphatic heterocycles. The highest BCUT2D eigenvalue weighted by atomic mass is 35.5. The van der Waals surface area contributed by atoms with Crippen LogP contribution in [0, 0.1) is 6.92 Å². The molecular weight excluding hydrogens is 366 g/mol. The fourth-order valence-corrected chi connectivity index (χ4v) is 2.47. The third-order valence-corrected chi connectivity index (χ3v) is 3.85. The van der Waals surface area contributed by atoms with Gasteiger partial charge in [0.05, 0.1) is 6.21 Å². The molecule has 2 N–H and O–H groups in total. The highest BCUT2D eigenvalue weighted by Crippen LogP contribution is 2.14. The summed E-state index contributed by atoms with van der Waals surface area (Å²) < 4.78 is 5.32. The Hall–Kier alpha value is -3.38. The summed E-state index contributed by atoms with van der Waals surface area (Å²) in [6, 6.07) is 16.7. The number of carbonyl (C=O) groups excluding carboxylic acids is 2. The zero-order chi connectivity index (χ0) is 19.2. The van der Waals surface area contributed by atoms with Gasteiger partial charge in [-0.1, -0.05) is 17.7 Å². The minimum Gasteiger partial charge on any atom is -0.460 e. The number of hydrogen-bond donors (Lipinski definition) is 2. The molecule has 2 amide bonds. The van der Waals surface area contributed by atoms with Gasteiger partial charge in [-0.05, 0) is 61.5 Å². The van der Waals surface area contributed by atoms with Gasteiger partial charge in [0.25, 0.3) is 11.8 Å². The van der Waals surface area contributed by atoms with Crippen LogP contribution < -0.4 is 10.7 Å². The maximum absolute atomic E-state index is 12.2. The van der Waals surface area contributed by atoms with E-state index in [9.17, 15) is 9.59 Å². The highest BCUT2D eigenvalue weighted by molar-refractivity contribution is 6.31. The zero-order valence-electron chi connectivity index (χ0n) is 14.4. The number of halogens is 1. The average Bonchev–Trinajstić information content (AvgIpc) is 3.07. The van der Waals surface area contributed by atoms with Gasteiger partial charge in [0, 0.05) is 21.8 Å². The lowest BCUT2D eigenvalue weighted by atomic mass is 10.1. The summed E-state index contributed by atoms with van der Waals surface area (Å²) >= 11 is 5.89. The van der Waals surface area contributed by atoms with Crippen molar-refractivity contribution in [2.24, 2.45) is 5.10 Å². The Morgan fingerprint density at radius 2 is 1.78 bits per heavy atom. The van der Waals surface area contributed by atoms with E-state index in [1.807, 2.05) is 6.92 Å². The predicted octanol–water partition coefficient (Wildman–Crippen LogP) is 4.26. The Morgan fingerprint density at radius 3 is 2.44 bits per heavy atom. The van der Waals surface area contributed by atoms with Crippen LogP contribution in [0.25, 0.3) is 0 Å². The first-order valence-electron chi connectivity index (χ1n) is 8.08. The summed E-state index contributed by atoms with van der Waals surface area (Å²) in [7, 11) is 0. The monoisotopic (exact) mass is 381 g/mol. The minimum atomic E-state index is -0.373.